The second-order valence-corrected chi connectivity index (χ2v) is 6.05. The average Bonchev–Trinajstić information content (AvgIpc) is 2.74. The van der Waals surface area contributed by atoms with Crippen molar-refractivity contribution in [2.75, 3.05) is 26.0 Å². The highest BCUT2D eigenvalue weighted by molar-refractivity contribution is 5.87. The molecule has 6 nitrogen and oxygen atoms in total. The lowest BCUT2D eigenvalue weighted by Crippen LogP contribution is -2.41. The molecule has 0 aliphatic carbocycles. The Bertz CT molecular complexity index is 508. The van der Waals surface area contributed by atoms with Crippen LogP contribution in [0.3, 0.4) is 0 Å². The van der Waals surface area contributed by atoms with Crippen LogP contribution in [0.4, 0.5) is 5.82 Å². The van der Waals surface area contributed by atoms with Gasteiger partial charge in [0.15, 0.2) is 5.69 Å². The van der Waals surface area contributed by atoms with Crippen molar-refractivity contribution in [2.24, 2.45) is 5.92 Å². The molecule has 0 spiro atoms. The second-order valence-electron chi connectivity index (χ2n) is 6.05. The summed E-state index contributed by atoms with van der Waals surface area (Å²) in [6.07, 6.45) is 8.21. The van der Waals surface area contributed by atoms with Crippen molar-refractivity contribution in [3.8, 4) is 0 Å². The van der Waals surface area contributed by atoms with Gasteiger partial charge in [-0.15, -0.1) is 0 Å². The van der Waals surface area contributed by atoms with Gasteiger partial charge in [0.2, 0.25) is 0 Å². The fourth-order valence-corrected chi connectivity index (χ4v) is 3.59. The third kappa shape index (κ3) is 3.00. The average molecular weight is 290 g/mol. The van der Waals surface area contributed by atoms with E-state index in [0.29, 0.717) is 11.7 Å². The van der Waals surface area contributed by atoms with Crippen LogP contribution in [0.1, 0.15) is 36.2 Å². The van der Waals surface area contributed by atoms with E-state index < -0.39 is 5.97 Å². The minimum absolute atomic E-state index is 0.242. The summed E-state index contributed by atoms with van der Waals surface area (Å²) in [7, 11) is 3.59. The number of ether oxygens (including phenoxy) is 1. The molecular formula is C15H22N4O2. The van der Waals surface area contributed by atoms with Crippen LogP contribution in [0.15, 0.2) is 12.4 Å². The van der Waals surface area contributed by atoms with E-state index in [2.05, 4.69) is 32.0 Å². The van der Waals surface area contributed by atoms with Crippen LogP contribution in [-0.2, 0) is 4.74 Å². The van der Waals surface area contributed by atoms with Crippen molar-refractivity contribution in [1.29, 1.82) is 0 Å². The Hall–Kier alpha value is -1.69. The molecule has 3 rings (SSSR count). The topological polar surface area (TPSA) is 67.3 Å². The van der Waals surface area contributed by atoms with Crippen LogP contribution < -0.4 is 5.32 Å². The molecule has 114 valence electrons. The number of carbonyl (C=O) groups excluding carboxylic acids is 1. The van der Waals surface area contributed by atoms with E-state index >= 15 is 0 Å². The Morgan fingerprint density at radius 3 is 2.76 bits per heavy atom. The number of carbonyl (C=O) groups is 1. The van der Waals surface area contributed by atoms with Crippen molar-refractivity contribution in [3.05, 3.63) is 18.1 Å². The fraction of sp³-hybridized carbons (Fsp3) is 0.667. The van der Waals surface area contributed by atoms with Crippen molar-refractivity contribution >= 4 is 11.8 Å². The van der Waals surface area contributed by atoms with Gasteiger partial charge >= 0.3 is 5.97 Å². The Morgan fingerprint density at radius 1 is 1.38 bits per heavy atom. The first-order valence-corrected chi connectivity index (χ1v) is 7.53. The van der Waals surface area contributed by atoms with Gasteiger partial charge in [-0.3, -0.25) is 4.98 Å². The summed E-state index contributed by atoms with van der Waals surface area (Å²) in [5, 5.41) is 3.32. The summed E-state index contributed by atoms with van der Waals surface area (Å²) in [4.78, 5) is 22.3. The van der Waals surface area contributed by atoms with Gasteiger partial charge in [-0.05, 0) is 38.6 Å². The summed E-state index contributed by atoms with van der Waals surface area (Å²) < 4.78 is 4.66. The molecule has 2 atom stereocenters. The molecule has 0 saturated carbocycles. The summed E-state index contributed by atoms with van der Waals surface area (Å²) >= 11 is 0. The molecule has 0 amide bonds. The van der Waals surface area contributed by atoms with E-state index in [1.807, 2.05) is 0 Å². The molecule has 21 heavy (non-hydrogen) atoms. The molecule has 1 aromatic heterocycles. The minimum Gasteiger partial charge on any atom is -0.464 e. The number of aromatic nitrogens is 2. The predicted molar refractivity (Wildman–Crippen MR) is 79.2 cm³/mol. The van der Waals surface area contributed by atoms with E-state index in [4.69, 9.17) is 0 Å². The summed E-state index contributed by atoms with van der Waals surface area (Å²) in [5.41, 5.74) is 0.242. The SMILES string of the molecule is COC(=O)c1cncc(NCC2CC3CCC(C2)N3C)n1. The number of anilines is 1. The van der Waals surface area contributed by atoms with Crippen LogP contribution in [0, 0.1) is 5.92 Å². The van der Waals surface area contributed by atoms with Crippen molar-refractivity contribution in [1.82, 2.24) is 14.9 Å². The van der Waals surface area contributed by atoms with Crippen LogP contribution in [0.25, 0.3) is 0 Å². The first-order chi connectivity index (χ1) is 10.2. The zero-order chi connectivity index (χ0) is 14.8. The van der Waals surface area contributed by atoms with Gasteiger partial charge in [-0.2, -0.15) is 0 Å². The standard InChI is InChI=1S/C15H22N4O2/c1-19-11-3-4-12(19)6-10(5-11)7-17-14-9-16-8-13(18-14)15(20)21-2/h8-12H,3-7H2,1-2H3,(H,17,18). The van der Waals surface area contributed by atoms with Crippen LogP contribution >= 0.6 is 0 Å². The molecule has 2 saturated heterocycles. The van der Waals surface area contributed by atoms with E-state index in [1.165, 1.54) is 39.0 Å². The summed E-state index contributed by atoms with van der Waals surface area (Å²) in [5.74, 6) is 0.856. The quantitative estimate of drug-likeness (QED) is 0.849. The van der Waals surface area contributed by atoms with Crippen molar-refractivity contribution in [3.63, 3.8) is 0 Å². The maximum absolute atomic E-state index is 11.4. The smallest absolute Gasteiger partial charge is 0.358 e. The lowest BCUT2D eigenvalue weighted by atomic mass is 9.91. The van der Waals surface area contributed by atoms with Gasteiger partial charge in [0.1, 0.15) is 5.82 Å². The zero-order valence-corrected chi connectivity index (χ0v) is 12.6. The third-order valence-electron chi connectivity index (χ3n) is 4.80. The highest BCUT2D eigenvalue weighted by Crippen LogP contribution is 2.37. The van der Waals surface area contributed by atoms with E-state index in [-0.39, 0.29) is 5.69 Å². The maximum Gasteiger partial charge on any atom is 0.358 e. The number of nitrogens with zero attached hydrogens (tertiary/aromatic N) is 3. The number of hydrogen-bond donors (Lipinski definition) is 1. The van der Waals surface area contributed by atoms with Gasteiger partial charge in [0.05, 0.1) is 19.5 Å². The molecule has 2 fully saturated rings. The maximum atomic E-state index is 11.4. The van der Waals surface area contributed by atoms with Gasteiger partial charge in [-0.1, -0.05) is 0 Å². The van der Waals surface area contributed by atoms with E-state index in [0.717, 1.165) is 18.6 Å². The Morgan fingerprint density at radius 2 is 2.10 bits per heavy atom. The molecule has 2 aliphatic heterocycles. The molecule has 2 bridgehead atoms. The summed E-state index contributed by atoms with van der Waals surface area (Å²) in [6.45, 7) is 0.889. The van der Waals surface area contributed by atoms with Crippen LogP contribution in [0.2, 0.25) is 0 Å². The lowest BCUT2D eigenvalue weighted by molar-refractivity contribution is 0.0593. The zero-order valence-electron chi connectivity index (χ0n) is 12.6. The van der Waals surface area contributed by atoms with Gasteiger partial charge in [0, 0.05) is 18.6 Å². The number of methoxy groups -OCH3 is 1. The molecule has 0 radical (unpaired) electrons. The highest BCUT2D eigenvalue weighted by atomic mass is 16.5. The first-order valence-electron chi connectivity index (χ1n) is 7.53. The Labute approximate surface area is 124 Å². The van der Waals surface area contributed by atoms with E-state index in [9.17, 15) is 4.79 Å². The molecule has 1 N–H and O–H groups in total. The Kier molecular flexibility index (Phi) is 4.05. The van der Waals surface area contributed by atoms with Gasteiger partial charge in [0.25, 0.3) is 0 Å². The molecule has 0 aromatic carbocycles. The molecule has 6 heteroatoms. The van der Waals surface area contributed by atoms with Crippen LogP contribution in [-0.4, -0.2) is 53.6 Å². The van der Waals surface area contributed by atoms with Crippen LogP contribution in [0.5, 0.6) is 0 Å². The van der Waals surface area contributed by atoms with Crippen molar-refractivity contribution in [2.45, 2.75) is 37.8 Å². The van der Waals surface area contributed by atoms with Gasteiger partial charge < -0.3 is 15.0 Å². The fourth-order valence-electron chi connectivity index (χ4n) is 3.59. The predicted octanol–water partition coefficient (Wildman–Crippen LogP) is 1.55. The third-order valence-corrected chi connectivity index (χ3v) is 4.80. The molecule has 3 heterocycles. The normalized spacial score (nSPS) is 28.4. The first kappa shape index (κ1) is 14.3. The van der Waals surface area contributed by atoms with E-state index in [1.54, 1.807) is 6.20 Å². The largest absolute Gasteiger partial charge is 0.464 e. The minimum atomic E-state index is -0.455. The number of nitrogens with one attached hydrogen (secondary N) is 1. The second kappa shape index (κ2) is 5.97. The lowest BCUT2D eigenvalue weighted by Gasteiger charge is -2.36. The molecule has 1 aromatic rings. The Balaban J connectivity index is 1.57. The molecule has 2 unspecified atom stereocenters. The molecular weight excluding hydrogens is 268 g/mol. The number of hydrogen-bond acceptors (Lipinski definition) is 6. The number of rotatable bonds is 4. The monoisotopic (exact) mass is 290 g/mol. The van der Waals surface area contributed by atoms with Gasteiger partial charge in [-0.25, -0.2) is 9.78 Å². The van der Waals surface area contributed by atoms with Crippen molar-refractivity contribution < 1.29 is 9.53 Å². The highest BCUT2D eigenvalue weighted by Gasteiger charge is 2.38. The number of piperidine rings is 1. The summed E-state index contributed by atoms with van der Waals surface area (Å²) in [6, 6.07) is 1.48. The molecule has 2 aliphatic rings. The number of fused-ring (bicyclic) bond motifs is 2. The number of esters is 1.